The van der Waals surface area contributed by atoms with Crippen molar-refractivity contribution in [2.45, 2.75) is 59.2 Å². The summed E-state index contributed by atoms with van der Waals surface area (Å²) in [4.78, 5) is 0. The van der Waals surface area contributed by atoms with Gasteiger partial charge in [0.05, 0.1) is 0 Å². The summed E-state index contributed by atoms with van der Waals surface area (Å²) < 4.78 is 0. The summed E-state index contributed by atoms with van der Waals surface area (Å²) in [5.74, 6) is 0. The number of rotatable bonds is 3. The molecule has 0 atom stereocenters. The van der Waals surface area contributed by atoms with Crippen LogP contribution in [-0.4, -0.2) is 8.07 Å². The minimum Gasteiger partial charge on any atom is -1.00 e. The summed E-state index contributed by atoms with van der Waals surface area (Å²) >= 11 is 0. The van der Waals surface area contributed by atoms with Crippen LogP contribution in [0.25, 0.3) is 0 Å². The summed E-state index contributed by atoms with van der Waals surface area (Å²) in [7, 11) is -1.24. The predicted octanol–water partition coefficient (Wildman–Crippen LogP) is -3.47. The third-order valence-electron chi connectivity index (χ3n) is 4.46. The van der Waals surface area contributed by atoms with Crippen molar-refractivity contribution in [3.8, 4) is 0 Å². The molecule has 0 amide bonds. The monoisotopic (exact) mass is 436 g/mol. The largest absolute Gasteiger partial charge is 4.00 e. The second kappa shape index (κ2) is 10.6. The molecule has 0 aromatic heterocycles. The van der Waals surface area contributed by atoms with E-state index in [1.807, 2.05) is 0 Å². The van der Waals surface area contributed by atoms with Gasteiger partial charge in [0.1, 0.15) is 0 Å². The van der Waals surface area contributed by atoms with Crippen LogP contribution in [0, 0.1) is 19.9 Å². The molecule has 0 spiro atoms. The fourth-order valence-corrected chi connectivity index (χ4v) is 4.57. The smallest absolute Gasteiger partial charge is 1.00 e. The molecule has 0 bridgehead atoms. The van der Waals surface area contributed by atoms with E-state index in [9.17, 15) is 0 Å². The first-order chi connectivity index (χ1) is 9.14. The van der Waals surface area contributed by atoms with E-state index in [2.05, 4.69) is 77.7 Å². The van der Waals surface area contributed by atoms with Gasteiger partial charge in [-0.25, -0.2) is 11.3 Å². The number of aryl methyl sites for hydroxylation is 2. The van der Waals surface area contributed by atoms with Crippen molar-refractivity contribution in [2.75, 3.05) is 0 Å². The van der Waals surface area contributed by atoms with Crippen molar-refractivity contribution in [1.29, 1.82) is 0 Å². The van der Waals surface area contributed by atoms with Crippen LogP contribution in [0.4, 0.5) is 0 Å². The average molecular weight is 438 g/mol. The Labute approximate surface area is 183 Å². The van der Waals surface area contributed by atoms with E-state index in [-0.39, 0.29) is 64.4 Å². The quantitative estimate of drug-likeness (QED) is 0.341. The summed E-state index contributed by atoms with van der Waals surface area (Å²) in [6, 6.07) is 6.61. The Hall–Kier alpha value is 0.501. The first kappa shape index (κ1) is 29.3. The van der Waals surface area contributed by atoms with Gasteiger partial charge in [-0.1, -0.05) is 58.1 Å². The van der Waals surface area contributed by atoms with Crippen molar-refractivity contribution >= 4 is 8.07 Å². The molecular formula is C19H27Cl3SiTi. The maximum atomic E-state index is 3.76. The molecule has 1 aromatic carbocycles. The van der Waals surface area contributed by atoms with Crippen LogP contribution in [0.2, 0.25) is 19.6 Å². The third kappa shape index (κ3) is 6.04. The summed E-state index contributed by atoms with van der Waals surface area (Å²) in [6.45, 7) is 16.4. The maximum Gasteiger partial charge on any atom is 4.00 e. The Morgan fingerprint density at radius 3 is 1.79 bits per heavy atom. The number of hydrogen-bond donors (Lipinski definition) is 0. The maximum absolute atomic E-state index is 3.76. The molecule has 0 N–H and O–H groups in total. The molecule has 0 unspecified atom stereocenters. The Morgan fingerprint density at radius 1 is 0.958 bits per heavy atom. The normalized spacial score (nSPS) is 13.5. The topological polar surface area (TPSA) is 0 Å². The van der Waals surface area contributed by atoms with E-state index in [0.29, 0.717) is 0 Å². The summed E-state index contributed by atoms with van der Waals surface area (Å²) in [5, 5.41) is 1.49. The number of hydrogen-bond acceptors (Lipinski definition) is 0. The van der Waals surface area contributed by atoms with Gasteiger partial charge in [-0.05, 0) is 36.0 Å². The van der Waals surface area contributed by atoms with Gasteiger partial charge in [-0.2, -0.15) is 5.57 Å². The molecule has 2 rings (SSSR count). The Morgan fingerprint density at radius 2 is 1.42 bits per heavy atom. The van der Waals surface area contributed by atoms with E-state index >= 15 is 0 Å². The molecule has 5 heteroatoms. The zero-order valence-electron chi connectivity index (χ0n) is 15.7. The molecule has 1 aliphatic rings. The van der Waals surface area contributed by atoms with Crippen molar-refractivity contribution < 1.29 is 58.9 Å². The van der Waals surface area contributed by atoms with Crippen LogP contribution in [0.1, 0.15) is 37.0 Å². The zero-order chi connectivity index (χ0) is 15.1. The standard InChI is InChI=1S/C19H27Si.3ClH.Ti/c1-14-9-8-10-15(2)18(14)19(3,4)16-11-12-17(13-16)20(5,6)7;;;;/h8-10,12H,11H2,1-7H3;3*1H;/q-1;;;;+4/p-3. The Balaban J connectivity index is -0.00000110. The van der Waals surface area contributed by atoms with Gasteiger partial charge in [0.25, 0.3) is 0 Å². The van der Waals surface area contributed by atoms with E-state index in [1.165, 1.54) is 27.5 Å². The van der Waals surface area contributed by atoms with Crippen molar-refractivity contribution in [1.82, 2.24) is 0 Å². The fraction of sp³-hybridized carbons (Fsp3) is 0.474. The van der Waals surface area contributed by atoms with Crippen molar-refractivity contribution in [3.63, 3.8) is 0 Å². The van der Waals surface area contributed by atoms with Gasteiger partial charge in [0.2, 0.25) is 0 Å². The number of benzene rings is 1. The molecule has 0 heterocycles. The summed E-state index contributed by atoms with van der Waals surface area (Å²) in [5.41, 5.74) is 5.80. The van der Waals surface area contributed by atoms with Gasteiger partial charge in [-0.15, -0.1) is 0 Å². The van der Waals surface area contributed by atoms with Crippen molar-refractivity contribution in [2.24, 2.45) is 0 Å². The van der Waals surface area contributed by atoms with Crippen LogP contribution >= 0.6 is 0 Å². The van der Waals surface area contributed by atoms with Crippen LogP contribution in [-0.2, 0) is 27.1 Å². The van der Waals surface area contributed by atoms with Crippen LogP contribution < -0.4 is 37.2 Å². The molecule has 132 valence electrons. The zero-order valence-corrected chi connectivity index (χ0v) is 20.5. The van der Waals surface area contributed by atoms with Crippen LogP contribution in [0.3, 0.4) is 0 Å². The van der Waals surface area contributed by atoms with Gasteiger partial charge < -0.3 is 37.2 Å². The minimum atomic E-state index is -1.24. The molecule has 1 aliphatic carbocycles. The van der Waals surface area contributed by atoms with Crippen LogP contribution in [0.15, 0.2) is 35.0 Å². The van der Waals surface area contributed by atoms with Gasteiger partial charge in [0, 0.05) is 8.07 Å². The van der Waals surface area contributed by atoms with Gasteiger partial charge in [0.15, 0.2) is 0 Å². The molecule has 0 nitrogen and oxygen atoms in total. The molecular weight excluding hydrogens is 411 g/mol. The van der Waals surface area contributed by atoms with Gasteiger partial charge in [-0.3, -0.25) is 6.08 Å². The number of allylic oxidation sites excluding steroid dienone is 4. The SMILES string of the molecule is Cc1cccc(C)c1C(C)(C)C1=[C-]C([Si](C)(C)C)=CC1.[Cl-].[Cl-].[Cl-].[Ti+4]. The molecule has 0 aliphatic heterocycles. The van der Waals surface area contributed by atoms with Crippen molar-refractivity contribution in [3.05, 3.63) is 57.8 Å². The van der Waals surface area contributed by atoms with E-state index in [0.717, 1.165) is 6.42 Å². The first-order valence-corrected chi connectivity index (χ1v) is 11.0. The van der Waals surface area contributed by atoms with E-state index in [1.54, 1.807) is 0 Å². The first-order valence-electron chi connectivity index (χ1n) is 7.54. The fourth-order valence-electron chi connectivity index (χ4n) is 3.33. The average Bonchev–Trinajstić information content (AvgIpc) is 2.77. The molecule has 0 saturated heterocycles. The molecule has 1 aromatic rings. The third-order valence-corrected chi connectivity index (χ3v) is 6.41. The summed E-state index contributed by atoms with van der Waals surface area (Å²) in [6.07, 6.45) is 7.25. The molecule has 0 radical (unpaired) electrons. The second-order valence-corrected chi connectivity index (χ2v) is 12.6. The molecule has 0 fully saturated rings. The predicted molar refractivity (Wildman–Crippen MR) is 91.7 cm³/mol. The second-order valence-electron chi connectivity index (χ2n) is 7.57. The molecule has 0 saturated carbocycles. The van der Waals surface area contributed by atoms with E-state index in [4.69, 9.17) is 0 Å². The Bertz CT molecular complexity index is 579. The van der Waals surface area contributed by atoms with E-state index < -0.39 is 8.07 Å². The number of halogens is 3. The Kier molecular flexibility index (Phi) is 12.9. The van der Waals surface area contributed by atoms with Gasteiger partial charge >= 0.3 is 21.7 Å². The minimum absolute atomic E-state index is 0. The molecule has 24 heavy (non-hydrogen) atoms. The van der Waals surface area contributed by atoms with Crippen LogP contribution in [0.5, 0.6) is 0 Å².